The standard InChI is InChI=1S/C11H25NO2.C11H20O3.C7H12O3/c1-10(2,3)13-9(12(7)8)14-11(4,5)6;1-11(2,3)14-10(13)8-4-6-9(12)7-5-8;8-6-3-1-5(2-4-6)7(9)10/h9H,1-8H3;8-9,12H,4-7H2,1-3H3;5-6,8H,1-4H2,(H,9,10). The molecule has 2 aliphatic carbocycles. The number of nitrogens with zero attached hydrogens (tertiary/aromatic N) is 1. The SMILES string of the molecule is CC(C)(C)OC(=O)C1CCC(O)CC1.CN(C)C(OC(C)(C)C)OC(C)(C)C.O=C(O)C1CCC(O)CC1. The molecule has 0 atom stereocenters. The van der Waals surface area contributed by atoms with Gasteiger partial charge in [-0.05, 0) is 128 Å². The summed E-state index contributed by atoms with van der Waals surface area (Å²) in [5, 5.41) is 26.8. The van der Waals surface area contributed by atoms with E-state index in [2.05, 4.69) is 0 Å². The summed E-state index contributed by atoms with van der Waals surface area (Å²) >= 11 is 0. The highest BCUT2D eigenvalue weighted by atomic mass is 16.7. The van der Waals surface area contributed by atoms with Crippen molar-refractivity contribution in [1.82, 2.24) is 4.90 Å². The number of aliphatic carboxylic acids is 1. The maximum atomic E-state index is 11.6. The lowest BCUT2D eigenvalue weighted by atomic mass is 9.87. The summed E-state index contributed by atoms with van der Waals surface area (Å²) in [6.07, 6.45) is 4.78. The van der Waals surface area contributed by atoms with Gasteiger partial charge in [0.1, 0.15) is 5.60 Å². The molecule has 2 aliphatic rings. The van der Waals surface area contributed by atoms with Gasteiger partial charge in [-0.15, -0.1) is 0 Å². The van der Waals surface area contributed by atoms with E-state index in [0.29, 0.717) is 25.7 Å². The minimum absolute atomic E-state index is 0.00220. The van der Waals surface area contributed by atoms with Crippen LogP contribution >= 0.6 is 0 Å². The molecule has 0 saturated heterocycles. The average Bonchev–Trinajstić information content (AvgIpc) is 2.72. The summed E-state index contributed by atoms with van der Waals surface area (Å²) in [5.74, 6) is -1.03. The Bertz CT molecular complexity index is 658. The molecule has 0 aromatic rings. The zero-order chi connectivity index (χ0) is 29.9. The van der Waals surface area contributed by atoms with Gasteiger partial charge in [-0.2, -0.15) is 0 Å². The Kier molecular flexibility index (Phi) is 15.6. The first-order chi connectivity index (χ1) is 17.1. The van der Waals surface area contributed by atoms with Gasteiger partial charge in [0, 0.05) is 0 Å². The van der Waals surface area contributed by atoms with Crippen LogP contribution in [0.5, 0.6) is 0 Å². The fourth-order valence-electron chi connectivity index (χ4n) is 3.86. The molecule has 0 spiro atoms. The number of carboxylic acids is 1. The van der Waals surface area contributed by atoms with Crippen molar-refractivity contribution in [3.05, 3.63) is 0 Å². The maximum Gasteiger partial charge on any atom is 0.309 e. The number of hydrogen-bond donors (Lipinski definition) is 3. The Morgan fingerprint density at radius 2 is 1.00 bits per heavy atom. The first-order valence-corrected chi connectivity index (χ1v) is 13.9. The fourth-order valence-corrected chi connectivity index (χ4v) is 3.86. The van der Waals surface area contributed by atoms with Gasteiger partial charge in [0.15, 0.2) is 0 Å². The molecule has 0 aromatic heterocycles. The predicted octanol–water partition coefficient (Wildman–Crippen LogP) is 4.96. The lowest BCUT2D eigenvalue weighted by molar-refractivity contribution is -0.285. The molecule has 0 bridgehead atoms. The van der Waals surface area contributed by atoms with Crippen molar-refractivity contribution in [2.75, 3.05) is 14.1 Å². The highest BCUT2D eigenvalue weighted by Crippen LogP contribution is 2.27. The maximum absolute atomic E-state index is 11.6. The molecule has 3 N–H and O–H groups in total. The zero-order valence-corrected chi connectivity index (χ0v) is 25.9. The molecule has 0 aromatic carbocycles. The highest BCUT2D eigenvalue weighted by Gasteiger charge is 2.29. The monoisotopic (exact) mass is 547 g/mol. The molecular weight excluding hydrogens is 490 g/mol. The first kappa shape index (κ1) is 36.7. The number of aliphatic hydroxyl groups excluding tert-OH is 2. The van der Waals surface area contributed by atoms with Crippen molar-refractivity contribution in [2.24, 2.45) is 11.8 Å². The zero-order valence-electron chi connectivity index (χ0n) is 25.9. The van der Waals surface area contributed by atoms with Gasteiger partial charge in [-0.1, -0.05) is 0 Å². The molecule has 9 heteroatoms. The Morgan fingerprint density at radius 3 is 1.26 bits per heavy atom. The van der Waals surface area contributed by atoms with E-state index in [0.717, 1.165) is 25.7 Å². The van der Waals surface area contributed by atoms with E-state index in [9.17, 15) is 14.7 Å². The van der Waals surface area contributed by atoms with Crippen LogP contribution in [-0.4, -0.2) is 81.7 Å². The number of ether oxygens (including phenoxy) is 3. The van der Waals surface area contributed by atoms with Crippen molar-refractivity contribution in [2.45, 2.75) is 149 Å². The molecular formula is C29H57NO8. The third-order valence-electron chi connectivity index (χ3n) is 5.81. The van der Waals surface area contributed by atoms with Crippen LogP contribution in [0.15, 0.2) is 0 Å². The van der Waals surface area contributed by atoms with E-state index in [1.807, 2.05) is 81.3 Å². The van der Waals surface area contributed by atoms with Gasteiger partial charge < -0.3 is 29.5 Å². The Morgan fingerprint density at radius 1 is 0.658 bits per heavy atom. The Hall–Kier alpha value is -1.26. The van der Waals surface area contributed by atoms with Gasteiger partial charge in [0.25, 0.3) is 0 Å². The van der Waals surface area contributed by atoms with Gasteiger partial charge >= 0.3 is 11.9 Å². The Balaban J connectivity index is 0.000000548. The van der Waals surface area contributed by atoms with Crippen molar-refractivity contribution in [3.8, 4) is 0 Å². The van der Waals surface area contributed by atoms with Gasteiger partial charge in [0.05, 0.1) is 35.2 Å². The number of esters is 1. The summed E-state index contributed by atoms with van der Waals surface area (Å²) in [6.45, 7) is 17.8. The van der Waals surface area contributed by atoms with Gasteiger partial charge in [0.2, 0.25) is 6.41 Å². The number of rotatable bonds is 5. The number of carbonyl (C=O) groups excluding carboxylic acids is 1. The third-order valence-corrected chi connectivity index (χ3v) is 5.81. The molecule has 226 valence electrons. The number of aliphatic hydroxyl groups is 2. The van der Waals surface area contributed by atoms with Crippen LogP contribution in [0.3, 0.4) is 0 Å². The van der Waals surface area contributed by atoms with E-state index in [1.54, 1.807) is 0 Å². The van der Waals surface area contributed by atoms with Crippen LogP contribution < -0.4 is 0 Å². The minimum atomic E-state index is -0.716. The summed E-state index contributed by atoms with van der Waals surface area (Å²) in [4.78, 5) is 23.9. The normalized spacial score (nSPS) is 24.6. The summed E-state index contributed by atoms with van der Waals surface area (Å²) in [7, 11) is 3.89. The second-order valence-electron chi connectivity index (χ2n) is 13.6. The molecule has 0 heterocycles. The molecule has 0 radical (unpaired) electrons. The van der Waals surface area contributed by atoms with Crippen LogP contribution in [0.2, 0.25) is 0 Å². The lowest BCUT2D eigenvalue weighted by Crippen LogP contribution is -2.43. The molecule has 2 saturated carbocycles. The second-order valence-corrected chi connectivity index (χ2v) is 13.6. The number of carbonyl (C=O) groups is 2. The van der Waals surface area contributed by atoms with E-state index >= 15 is 0 Å². The van der Waals surface area contributed by atoms with Crippen LogP contribution in [0.25, 0.3) is 0 Å². The quantitative estimate of drug-likeness (QED) is 0.323. The minimum Gasteiger partial charge on any atom is -0.481 e. The van der Waals surface area contributed by atoms with Crippen molar-refractivity contribution >= 4 is 11.9 Å². The average molecular weight is 548 g/mol. The van der Waals surface area contributed by atoms with E-state index < -0.39 is 11.6 Å². The van der Waals surface area contributed by atoms with Crippen LogP contribution in [0.4, 0.5) is 0 Å². The van der Waals surface area contributed by atoms with Crippen LogP contribution in [0, 0.1) is 11.8 Å². The smallest absolute Gasteiger partial charge is 0.309 e. The summed E-state index contributed by atoms with van der Waals surface area (Å²) in [6, 6.07) is 0. The van der Waals surface area contributed by atoms with Gasteiger partial charge in [-0.25, -0.2) is 0 Å². The predicted molar refractivity (Wildman–Crippen MR) is 149 cm³/mol. The molecule has 0 amide bonds. The lowest BCUT2D eigenvalue weighted by Gasteiger charge is -2.35. The highest BCUT2D eigenvalue weighted by molar-refractivity contribution is 5.73. The molecule has 38 heavy (non-hydrogen) atoms. The topological polar surface area (TPSA) is 126 Å². The molecule has 2 rings (SSSR count). The number of carboxylic acid groups (broad SMARTS) is 1. The van der Waals surface area contributed by atoms with Crippen molar-refractivity contribution in [1.29, 1.82) is 0 Å². The van der Waals surface area contributed by atoms with Crippen molar-refractivity contribution in [3.63, 3.8) is 0 Å². The Labute approximate surface area is 231 Å². The van der Waals surface area contributed by atoms with Crippen LogP contribution in [0.1, 0.15) is 114 Å². The second kappa shape index (κ2) is 16.1. The summed E-state index contributed by atoms with van der Waals surface area (Å²) < 4.78 is 16.8. The molecule has 2 fully saturated rings. The largest absolute Gasteiger partial charge is 0.481 e. The van der Waals surface area contributed by atoms with Crippen LogP contribution in [-0.2, 0) is 23.8 Å². The third kappa shape index (κ3) is 18.9. The fraction of sp³-hybridized carbons (Fsp3) is 0.931. The van der Waals surface area contributed by atoms with E-state index in [-0.39, 0.29) is 47.6 Å². The molecule has 9 nitrogen and oxygen atoms in total. The first-order valence-electron chi connectivity index (χ1n) is 13.9. The summed E-state index contributed by atoms with van der Waals surface area (Å²) in [5.41, 5.74) is -0.784. The van der Waals surface area contributed by atoms with E-state index in [4.69, 9.17) is 24.4 Å². The van der Waals surface area contributed by atoms with Crippen molar-refractivity contribution < 1.29 is 39.1 Å². The molecule has 0 aliphatic heterocycles. The van der Waals surface area contributed by atoms with E-state index in [1.165, 1.54) is 0 Å². The van der Waals surface area contributed by atoms with Gasteiger partial charge in [-0.3, -0.25) is 14.5 Å². The number of hydrogen-bond acceptors (Lipinski definition) is 8. The molecule has 0 unspecified atom stereocenters.